The minimum Gasteiger partial charge on any atom is -0.444 e. The van der Waals surface area contributed by atoms with Gasteiger partial charge in [-0.2, -0.15) is 0 Å². The Morgan fingerprint density at radius 2 is 1.74 bits per heavy atom. The quantitative estimate of drug-likeness (QED) is 0.830. The lowest BCUT2D eigenvalue weighted by atomic mass is 10.2. The highest BCUT2D eigenvalue weighted by Gasteiger charge is 2.31. The molecule has 23 heavy (non-hydrogen) atoms. The van der Waals surface area contributed by atoms with E-state index in [1.54, 1.807) is 0 Å². The maximum atomic E-state index is 12.3. The Balaban J connectivity index is 1.72. The Bertz CT molecular complexity index is 427. The molecule has 132 valence electrons. The summed E-state index contributed by atoms with van der Waals surface area (Å²) in [5, 5.41) is 6.35. The highest BCUT2D eigenvalue weighted by Crippen LogP contribution is 2.21. The van der Waals surface area contributed by atoms with Gasteiger partial charge in [0.1, 0.15) is 5.60 Å². The second-order valence-corrected chi connectivity index (χ2v) is 7.77. The molecule has 0 spiro atoms. The molecular formula is C17H31N3O3. The zero-order valence-corrected chi connectivity index (χ0v) is 14.9. The molecule has 1 heterocycles. The van der Waals surface area contributed by atoms with Crippen LogP contribution in [0.4, 0.5) is 4.79 Å². The predicted molar refractivity (Wildman–Crippen MR) is 89.2 cm³/mol. The van der Waals surface area contributed by atoms with Crippen molar-refractivity contribution in [2.24, 2.45) is 0 Å². The molecule has 6 heteroatoms. The second-order valence-electron chi connectivity index (χ2n) is 7.77. The number of alkyl carbamates (subject to hydrolysis) is 1. The fourth-order valence-corrected chi connectivity index (χ4v) is 3.37. The number of carbonyl (C=O) groups is 2. The minimum atomic E-state index is -0.475. The number of carbonyl (C=O) groups excluding carboxylic acids is 2. The molecule has 0 aromatic rings. The van der Waals surface area contributed by atoms with Crippen molar-refractivity contribution in [3.63, 3.8) is 0 Å². The lowest BCUT2D eigenvalue weighted by Gasteiger charge is -2.24. The summed E-state index contributed by atoms with van der Waals surface area (Å²) in [6.45, 7) is 9.29. The van der Waals surface area contributed by atoms with Crippen molar-refractivity contribution in [2.45, 2.75) is 83.5 Å². The van der Waals surface area contributed by atoms with Gasteiger partial charge < -0.3 is 20.3 Å². The zero-order chi connectivity index (χ0) is 17.0. The van der Waals surface area contributed by atoms with Gasteiger partial charge in [0.15, 0.2) is 0 Å². The molecule has 0 bridgehead atoms. The summed E-state index contributed by atoms with van der Waals surface area (Å²) in [7, 11) is 0. The average molecular weight is 325 g/mol. The van der Waals surface area contributed by atoms with Gasteiger partial charge in [-0.15, -0.1) is 0 Å². The number of hydrogen-bond acceptors (Lipinski definition) is 4. The van der Waals surface area contributed by atoms with Crippen LogP contribution in [-0.2, 0) is 9.53 Å². The Kier molecular flexibility index (Phi) is 5.89. The largest absolute Gasteiger partial charge is 0.444 e. The van der Waals surface area contributed by atoms with Crippen molar-refractivity contribution in [1.82, 2.24) is 15.5 Å². The smallest absolute Gasteiger partial charge is 0.407 e. The summed E-state index contributed by atoms with van der Waals surface area (Å²) < 4.78 is 5.29. The van der Waals surface area contributed by atoms with E-state index in [2.05, 4.69) is 10.6 Å². The fraction of sp³-hybridized carbons (Fsp3) is 0.882. The summed E-state index contributed by atoms with van der Waals surface area (Å²) >= 11 is 0. The van der Waals surface area contributed by atoms with Crippen LogP contribution in [0.3, 0.4) is 0 Å². The zero-order valence-electron chi connectivity index (χ0n) is 14.9. The lowest BCUT2D eigenvalue weighted by molar-refractivity contribution is -0.132. The Morgan fingerprint density at radius 1 is 1.13 bits per heavy atom. The van der Waals surface area contributed by atoms with Crippen LogP contribution < -0.4 is 10.6 Å². The Hall–Kier alpha value is -1.30. The van der Waals surface area contributed by atoms with E-state index in [1.165, 1.54) is 0 Å². The van der Waals surface area contributed by atoms with E-state index >= 15 is 0 Å². The Morgan fingerprint density at radius 3 is 2.35 bits per heavy atom. The highest BCUT2D eigenvalue weighted by atomic mass is 16.6. The molecule has 1 aliphatic heterocycles. The van der Waals surface area contributed by atoms with Crippen LogP contribution in [0.5, 0.6) is 0 Å². The first-order chi connectivity index (χ1) is 10.7. The number of likely N-dealkylation sites (tertiary alicyclic amines) is 1. The monoisotopic (exact) mass is 325 g/mol. The molecule has 2 aliphatic rings. The Labute approximate surface area is 139 Å². The summed E-state index contributed by atoms with van der Waals surface area (Å²) in [6, 6.07) is 0.242. The van der Waals surface area contributed by atoms with Crippen LogP contribution in [0.15, 0.2) is 0 Å². The van der Waals surface area contributed by atoms with Crippen LogP contribution in [-0.4, -0.2) is 53.7 Å². The van der Waals surface area contributed by atoms with E-state index in [0.717, 1.165) is 45.2 Å². The number of nitrogens with one attached hydrogen (secondary N) is 2. The second kappa shape index (κ2) is 7.51. The third kappa shape index (κ3) is 5.68. The number of amides is 2. The van der Waals surface area contributed by atoms with E-state index in [9.17, 15) is 9.59 Å². The van der Waals surface area contributed by atoms with Crippen molar-refractivity contribution >= 4 is 12.0 Å². The van der Waals surface area contributed by atoms with Gasteiger partial charge in [0.05, 0.1) is 6.04 Å². The summed E-state index contributed by atoms with van der Waals surface area (Å²) in [4.78, 5) is 26.1. The SMILES string of the molecule is CC(NC1CCC(NC(=O)OC(C)(C)C)C1)C(=O)N1CCCC1. The summed E-state index contributed by atoms with van der Waals surface area (Å²) in [6.07, 6.45) is 4.61. The van der Waals surface area contributed by atoms with Gasteiger partial charge in [0, 0.05) is 25.2 Å². The van der Waals surface area contributed by atoms with Crippen molar-refractivity contribution in [2.75, 3.05) is 13.1 Å². The predicted octanol–water partition coefficient (Wildman–Crippen LogP) is 2.03. The third-order valence-electron chi connectivity index (χ3n) is 4.43. The molecule has 2 amide bonds. The molecule has 1 saturated heterocycles. The highest BCUT2D eigenvalue weighted by molar-refractivity contribution is 5.81. The van der Waals surface area contributed by atoms with Crippen LogP contribution in [0.1, 0.15) is 59.8 Å². The number of rotatable bonds is 4. The van der Waals surface area contributed by atoms with Gasteiger partial charge >= 0.3 is 6.09 Å². The molecule has 1 saturated carbocycles. The van der Waals surface area contributed by atoms with Crippen LogP contribution in [0.2, 0.25) is 0 Å². The molecule has 6 nitrogen and oxygen atoms in total. The van der Waals surface area contributed by atoms with Crippen LogP contribution in [0, 0.1) is 0 Å². The third-order valence-corrected chi connectivity index (χ3v) is 4.43. The number of hydrogen-bond donors (Lipinski definition) is 2. The van der Waals surface area contributed by atoms with Gasteiger partial charge in [-0.1, -0.05) is 0 Å². The van der Waals surface area contributed by atoms with E-state index in [-0.39, 0.29) is 30.1 Å². The molecule has 0 aromatic carbocycles. The van der Waals surface area contributed by atoms with E-state index in [4.69, 9.17) is 4.74 Å². The first kappa shape index (κ1) is 18.0. The average Bonchev–Trinajstić information content (AvgIpc) is 3.07. The first-order valence-electron chi connectivity index (χ1n) is 8.79. The molecular weight excluding hydrogens is 294 g/mol. The van der Waals surface area contributed by atoms with Crippen molar-refractivity contribution in [1.29, 1.82) is 0 Å². The van der Waals surface area contributed by atoms with E-state index in [1.807, 2.05) is 32.6 Å². The standard InChI is InChI=1S/C17H31N3O3/c1-12(15(21)20-9-5-6-10-20)18-13-7-8-14(11-13)19-16(22)23-17(2,3)4/h12-14,18H,5-11H2,1-4H3,(H,19,22). The number of ether oxygens (including phenoxy) is 1. The molecule has 3 atom stereocenters. The van der Waals surface area contributed by atoms with Crippen LogP contribution in [0.25, 0.3) is 0 Å². The van der Waals surface area contributed by atoms with E-state index < -0.39 is 5.60 Å². The first-order valence-corrected chi connectivity index (χ1v) is 8.79. The van der Waals surface area contributed by atoms with E-state index in [0.29, 0.717) is 0 Å². The van der Waals surface area contributed by atoms with Gasteiger partial charge in [-0.3, -0.25) is 4.79 Å². The van der Waals surface area contributed by atoms with Gasteiger partial charge in [0.25, 0.3) is 0 Å². The normalized spacial score (nSPS) is 26.2. The number of nitrogens with zero attached hydrogens (tertiary/aromatic N) is 1. The molecule has 1 aliphatic carbocycles. The van der Waals surface area contributed by atoms with Gasteiger partial charge in [-0.25, -0.2) is 4.79 Å². The molecule has 2 rings (SSSR count). The molecule has 2 N–H and O–H groups in total. The van der Waals surface area contributed by atoms with Gasteiger partial charge in [0.2, 0.25) is 5.91 Å². The lowest BCUT2D eigenvalue weighted by Crippen LogP contribution is -2.47. The van der Waals surface area contributed by atoms with Crippen molar-refractivity contribution in [3.8, 4) is 0 Å². The molecule has 3 unspecified atom stereocenters. The topological polar surface area (TPSA) is 70.7 Å². The molecule has 2 fully saturated rings. The molecule has 0 radical (unpaired) electrons. The maximum Gasteiger partial charge on any atom is 0.407 e. The summed E-state index contributed by atoms with van der Waals surface area (Å²) in [5.41, 5.74) is -0.475. The molecule has 0 aromatic heterocycles. The van der Waals surface area contributed by atoms with Crippen LogP contribution >= 0.6 is 0 Å². The maximum absolute atomic E-state index is 12.3. The summed E-state index contributed by atoms with van der Waals surface area (Å²) in [5.74, 6) is 0.200. The van der Waals surface area contributed by atoms with Crippen molar-refractivity contribution < 1.29 is 14.3 Å². The van der Waals surface area contributed by atoms with Crippen molar-refractivity contribution in [3.05, 3.63) is 0 Å². The van der Waals surface area contributed by atoms with Gasteiger partial charge in [-0.05, 0) is 59.8 Å². The minimum absolute atomic E-state index is 0.122. The fourth-order valence-electron chi connectivity index (χ4n) is 3.37.